The van der Waals surface area contributed by atoms with Crippen molar-refractivity contribution < 1.29 is 0 Å². The van der Waals surface area contributed by atoms with Gasteiger partial charge in [0.25, 0.3) is 0 Å². The minimum Gasteiger partial charge on any atom is -0.314 e. The van der Waals surface area contributed by atoms with E-state index in [0.717, 1.165) is 6.54 Å². The molecule has 0 saturated heterocycles. The Kier molecular flexibility index (Phi) is 9.91. The number of rotatable bonds is 10. The average molecular weight is 241 g/mol. The van der Waals surface area contributed by atoms with Crippen LogP contribution in [0, 0.1) is 5.41 Å². The van der Waals surface area contributed by atoms with E-state index in [1.54, 1.807) is 0 Å². The molecule has 0 bridgehead atoms. The summed E-state index contributed by atoms with van der Waals surface area (Å²) in [4.78, 5) is 0. The molecule has 104 valence electrons. The summed E-state index contributed by atoms with van der Waals surface area (Å²) in [5.41, 5.74) is 0.401. The quantitative estimate of drug-likeness (QED) is 0.521. The Bertz CT molecular complexity index is 157. The molecule has 0 saturated carbocycles. The molecule has 0 aromatic rings. The Morgan fingerprint density at radius 2 is 1.35 bits per heavy atom. The first-order valence-corrected chi connectivity index (χ1v) is 7.75. The van der Waals surface area contributed by atoms with Gasteiger partial charge >= 0.3 is 0 Å². The smallest absolute Gasteiger partial charge is 0.0115 e. The van der Waals surface area contributed by atoms with Crippen LogP contribution in [-0.2, 0) is 0 Å². The fourth-order valence-corrected chi connectivity index (χ4v) is 2.39. The van der Waals surface area contributed by atoms with Crippen LogP contribution < -0.4 is 5.32 Å². The van der Waals surface area contributed by atoms with Crippen LogP contribution in [0.15, 0.2) is 0 Å². The fraction of sp³-hybridized carbons (Fsp3) is 1.00. The van der Waals surface area contributed by atoms with E-state index in [1.807, 2.05) is 0 Å². The average Bonchev–Trinajstić information content (AvgIpc) is 2.25. The van der Waals surface area contributed by atoms with Gasteiger partial charge < -0.3 is 5.32 Å². The van der Waals surface area contributed by atoms with E-state index in [1.165, 1.54) is 51.4 Å². The van der Waals surface area contributed by atoms with Gasteiger partial charge in [-0.25, -0.2) is 0 Å². The molecule has 0 aliphatic carbocycles. The lowest BCUT2D eigenvalue weighted by molar-refractivity contribution is 0.252. The van der Waals surface area contributed by atoms with E-state index in [-0.39, 0.29) is 0 Å². The molecule has 0 aromatic carbocycles. The van der Waals surface area contributed by atoms with Gasteiger partial charge in [-0.15, -0.1) is 0 Å². The standard InChI is InChI=1S/C16H35N/c1-6-8-9-10-11-12-13-14-15(17-7-2)16(3,4)5/h15,17H,6-14H2,1-5H3. The number of hydrogen-bond acceptors (Lipinski definition) is 1. The Balaban J connectivity index is 3.55. The van der Waals surface area contributed by atoms with Crippen LogP contribution in [0.1, 0.15) is 86.0 Å². The van der Waals surface area contributed by atoms with Crippen LogP contribution in [0.3, 0.4) is 0 Å². The Hall–Kier alpha value is -0.0400. The van der Waals surface area contributed by atoms with Gasteiger partial charge in [-0.3, -0.25) is 0 Å². The summed E-state index contributed by atoms with van der Waals surface area (Å²) in [5.74, 6) is 0. The highest BCUT2D eigenvalue weighted by molar-refractivity contribution is 4.79. The lowest BCUT2D eigenvalue weighted by Crippen LogP contribution is -2.40. The monoisotopic (exact) mass is 241 g/mol. The first-order chi connectivity index (χ1) is 8.02. The number of hydrogen-bond donors (Lipinski definition) is 1. The maximum atomic E-state index is 3.63. The number of unbranched alkanes of at least 4 members (excludes halogenated alkanes) is 6. The minimum absolute atomic E-state index is 0.401. The molecule has 1 N–H and O–H groups in total. The summed E-state index contributed by atoms with van der Waals surface area (Å²) in [7, 11) is 0. The SMILES string of the molecule is CCCCCCCCCC(NCC)C(C)(C)C. The van der Waals surface area contributed by atoms with E-state index in [9.17, 15) is 0 Å². The molecule has 1 unspecified atom stereocenters. The van der Waals surface area contributed by atoms with Gasteiger partial charge in [0.2, 0.25) is 0 Å². The van der Waals surface area contributed by atoms with Gasteiger partial charge in [-0.1, -0.05) is 79.6 Å². The molecule has 0 heterocycles. The summed E-state index contributed by atoms with van der Waals surface area (Å²) < 4.78 is 0. The largest absolute Gasteiger partial charge is 0.314 e. The highest BCUT2D eigenvalue weighted by Crippen LogP contribution is 2.23. The van der Waals surface area contributed by atoms with E-state index < -0.39 is 0 Å². The Morgan fingerprint density at radius 1 is 0.824 bits per heavy atom. The second-order valence-electron chi connectivity index (χ2n) is 6.39. The van der Waals surface area contributed by atoms with Crippen molar-refractivity contribution in [3.8, 4) is 0 Å². The van der Waals surface area contributed by atoms with Crippen LogP contribution in [-0.4, -0.2) is 12.6 Å². The first kappa shape index (κ1) is 17.0. The molecule has 0 spiro atoms. The van der Waals surface area contributed by atoms with Crippen molar-refractivity contribution in [3.05, 3.63) is 0 Å². The molecule has 1 atom stereocenters. The second kappa shape index (κ2) is 9.94. The van der Waals surface area contributed by atoms with Crippen molar-refractivity contribution in [2.75, 3.05) is 6.54 Å². The zero-order valence-corrected chi connectivity index (χ0v) is 12.9. The molecule has 1 heteroatoms. The normalized spacial score (nSPS) is 13.9. The topological polar surface area (TPSA) is 12.0 Å². The van der Waals surface area contributed by atoms with Gasteiger partial charge in [0, 0.05) is 6.04 Å². The first-order valence-electron chi connectivity index (χ1n) is 7.75. The van der Waals surface area contributed by atoms with E-state index in [0.29, 0.717) is 11.5 Å². The lowest BCUT2D eigenvalue weighted by Gasteiger charge is -2.31. The molecule has 0 radical (unpaired) electrons. The molecule has 0 amide bonds. The molecular weight excluding hydrogens is 206 g/mol. The van der Waals surface area contributed by atoms with Crippen molar-refractivity contribution in [1.29, 1.82) is 0 Å². The Morgan fingerprint density at radius 3 is 1.82 bits per heavy atom. The van der Waals surface area contributed by atoms with Crippen molar-refractivity contribution in [2.24, 2.45) is 5.41 Å². The van der Waals surface area contributed by atoms with Crippen molar-refractivity contribution in [3.63, 3.8) is 0 Å². The van der Waals surface area contributed by atoms with E-state index >= 15 is 0 Å². The van der Waals surface area contributed by atoms with Gasteiger partial charge in [-0.2, -0.15) is 0 Å². The molecule has 17 heavy (non-hydrogen) atoms. The third kappa shape index (κ3) is 9.64. The Labute approximate surface area is 110 Å². The van der Waals surface area contributed by atoms with Gasteiger partial charge in [0.05, 0.1) is 0 Å². The summed E-state index contributed by atoms with van der Waals surface area (Å²) in [5, 5.41) is 3.63. The van der Waals surface area contributed by atoms with Crippen molar-refractivity contribution >= 4 is 0 Å². The number of nitrogens with one attached hydrogen (secondary N) is 1. The van der Waals surface area contributed by atoms with Gasteiger partial charge in [0.1, 0.15) is 0 Å². The van der Waals surface area contributed by atoms with Crippen LogP contribution in [0.5, 0.6) is 0 Å². The molecule has 0 fully saturated rings. The van der Waals surface area contributed by atoms with Crippen LogP contribution >= 0.6 is 0 Å². The van der Waals surface area contributed by atoms with E-state index in [2.05, 4.69) is 39.9 Å². The molecule has 0 aliphatic heterocycles. The molecular formula is C16H35N. The minimum atomic E-state index is 0.401. The zero-order chi connectivity index (χ0) is 13.1. The summed E-state index contributed by atoms with van der Waals surface area (Å²) in [6.45, 7) is 12.6. The maximum Gasteiger partial charge on any atom is 0.0115 e. The predicted octanol–water partition coefficient (Wildman–Crippen LogP) is 5.15. The third-order valence-electron chi connectivity index (χ3n) is 3.59. The maximum absolute atomic E-state index is 3.63. The summed E-state index contributed by atoms with van der Waals surface area (Å²) >= 11 is 0. The van der Waals surface area contributed by atoms with Crippen LogP contribution in [0.4, 0.5) is 0 Å². The van der Waals surface area contributed by atoms with Crippen molar-refractivity contribution in [1.82, 2.24) is 5.32 Å². The summed E-state index contributed by atoms with van der Waals surface area (Å²) in [6.07, 6.45) is 11.2. The molecule has 0 aliphatic rings. The van der Waals surface area contributed by atoms with E-state index in [4.69, 9.17) is 0 Å². The summed E-state index contributed by atoms with van der Waals surface area (Å²) in [6, 6.07) is 0.683. The second-order valence-corrected chi connectivity index (χ2v) is 6.39. The van der Waals surface area contributed by atoms with Crippen LogP contribution in [0.2, 0.25) is 0 Å². The zero-order valence-electron chi connectivity index (χ0n) is 12.9. The highest BCUT2D eigenvalue weighted by atomic mass is 14.9. The third-order valence-corrected chi connectivity index (χ3v) is 3.59. The molecule has 0 aromatic heterocycles. The fourth-order valence-electron chi connectivity index (χ4n) is 2.39. The molecule has 1 nitrogen and oxygen atoms in total. The van der Waals surface area contributed by atoms with Gasteiger partial charge in [-0.05, 0) is 18.4 Å². The lowest BCUT2D eigenvalue weighted by atomic mass is 9.83. The highest BCUT2D eigenvalue weighted by Gasteiger charge is 2.22. The van der Waals surface area contributed by atoms with Gasteiger partial charge in [0.15, 0.2) is 0 Å². The molecule has 0 rings (SSSR count). The van der Waals surface area contributed by atoms with Crippen molar-refractivity contribution in [2.45, 2.75) is 92.0 Å². The predicted molar refractivity (Wildman–Crippen MR) is 79.5 cm³/mol. The van der Waals surface area contributed by atoms with Crippen LogP contribution in [0.25, 0.3) is 0 Å².